The van der Waals surface area contributed by atoms with E-state index in [0.717, 1.165) is 40.0 Å². The van der Waals surface area contributed by atoms with E-state index in [-0.39, 0.29) is 18.1 Å². The molecule has 2 aromatic carbocycles. The number of nitrogens with zero attached hydrogens (tertiary/aromatic N) is 1. The summed E-state index contributed by atoms with van der Waals surface area (Å²) < 4.78 is 14.0. The first-order valence-corrected chi connectivity index (χ1v) is 10.9. The van der Waals surface area contributed by atoms with Gasteiger partial charge in [-0.05, 0) is 91.0 Å². The van der Waals surface area contributed by atoms with Crippen molar-refractivity contribution in [2.75, 3.05) is 33.4 Å². The first kappa shape index (κ1) is 21.3. The Morgan fingerprint density at radius 3 is 2.52 bits per heavy atom. The van der Waals surface area contributed by atoms with E-state index in [2.05, 4.69) is 41.9 Å². The van der Waals surface area contributed by atoms with E-state index in [0.29, 0.717) is 6.54 Å². The second kappa shape index (κ2) is 9.42. The summed E-state index contributed by atoms with van der Waals surface area (Å²) in [6.07, 6.45) is 4.42. The largest absolute Gasteiger partial charge is 0.355 e. The number of nitrogens with one attached hydrogen (secondary N) is 1. The highest BCUT2D eigenvalue weighted by Gasteiger charge is 2.25. The molecule has 0 aromatic heterocycles. The number of fused-ring (bicyclic) bond motifs is 1. The van der Waals surface area contributed by atoms with E-state index in [4.69, 9.17) is 0 Å². The van der Waals surface area contributed by atoms with E-state index in [1.54, 1.807) is 17.8 Å². The van der Waals surface area contributed by atoms with Gasteiger partial charge in [-0.25, -0.2) is 4.39 Å². The quantitative estimate of drug-likeness (QED) is 0.656. The smallest absolute Gasteiger partial charge is 0.224 e. The Labute approximate surface area is 176 Å². The van der Waals surface area contributed by atoms with Gasteiger partial charge in [0, 0.05) is 18.0 Å². The number of thioether (sulfide) groups is 1. The molecule has 1 N–H and O–H groups in total. The van der Waals surface area contributed by atoms with Gasteiger partial charge in [-0.2, -0.15) is 0 Å². The van der Waals surface area contributed by atoms with E-state index in [9.17, 15) is 9.18 Å². The van der Waals surface area contributed by atoms with Gasteiger partial charge in [-0.15, -0.1) is 11.8 Å². The second-order valence-corrected chi connectivity index (χ2v) is 8.33. The topological polar surface area (TPSA) is 32.3 Å². The monoisotopic (exact) mass is 410 g/mol. The molecule has 1 amide bonds. The lowest BCUT2D eigenvalue weighted by atomic mass is 10.0. The molecule has 0 saturated carbocycles. The number of benzene rings is 2. The fourth-order valence-corrected chi connectivity index (χ4v) is 3.90. The summed E-state index contributed by atoms with van der Waals surface area (Å²) in [5.74, 6) is -0.324. The lowest BCUT2D eigenvalue weighted by Crippen LogP contribution is -2.31. The van der Waals surface area contributed by atoms with Crippen molar-refractivity contribution in [1.29, 1.82) is 0 Å². The Kier molecular flexibility index (Phi) is 6.93. The van der Waals surface area contributed by atoms with E-state index in [1.165, 1.54) is 11.0 Å². The fourth-order valence-electron chi connectivity index (χ4n) is 3.49. The summed E-state index contributed by atoms with van der Waals surface area (Å²) >= 11 is 1.71. The van der Waals surface area contributed by atoms with Crippen molar-refractivity contribution >= 4 is 34.9 Å². The molecule has 0 atom stereocenters. The number of carbonyl (C=O) groups is 1. The molecular weight excluding hydrogens is 383 g/mol. The lowest BCUT2D eigenvalue weighted by Gasteiger charge is -2.11. The van der Waals surface area contributed by atoms with Crippen molar-refractivity contribution in [2.45, 2.75) is 18.2 Å². The van der Waals surface area contributed by atoms with Crippen LogP contribution in [0, 0.1) is 5.82 Å². The molecule has 1 aliphatic rings. The van der Waals surface area contributed by atoms with Crippen LogP contribution in [0.3, 0.4) is 0 Å². The Hall–Kier alpha value is -2.37. The number of hydrogen-bond acceptors (Lipinski definition) is 3. The molecule has 152 valence electrons. The number of likely N-dealkylation sites (N-methyl/N-ethyl adjacent to an activating group) is 1. The summed E-state index contributed by atoms with van der Waals surface area (Å²) in [6, 6.07) is 13.2. The van der Waals surface area contributed by atoms with Gasteiger partial charge >= 0.3 is 0 Å². The standard InChI is InChI=1S/C24H27FN2OS/c1-16-21(13-17-5-8-19(29-4)9-6-17)20-10-7-18(25)14-23(20)22(16)15-24(28)26-11-12-27(2)3/h5-10,13-14H,11-12,15H2,1-4H3,(H,26,28). The molecule has 0 radical (unpaired) electrons. The summed E-state index contributed by atoms with van der Waals surface area (Å²) in [5.41, 5.74) is 5.86. The number of allylic oxidation sites excluding steroid dienone is 2. The van der Waals surface area contributed by atoms with Crippen molar-refractivity contribution in [2.24, 2.45) is 0 Å². The molecule has 0 aliphatic heterocycles. The summed E-state index contributed by atoms with van der Waals surface area (Å²) in [6.45, 7) is 3.40. The Bertz CT molecular complexity index is 961. The minimum Gasteiger partial charge on any atom is -0.355 e. The number of halogens is 1. The maximum atomic E-state index is 14.0. The zero-order chi connectivity index (χ0) is 21.0. The Morgan fingerprint density at radius 1 is 1.14 bits per heavy atom. The minimum absolute atomic E-state index is 0.0398. The zero-order valence-corrected chi connectivity index (χ0v) is 18.2. The summed E-state index contributed by atoms with van der Waals surface area (Å²) in [5, 5.41) is 2.95. The molecule has 5 heteroatoms. The van der Waals surface area contributed by atoms with Crippen molar-refractivity contribution < 1.29 is 9.18 Å². The van der Waals surface area contributed by atoms with Gasteiger partial charge < -0.3 is 10.2 Å². The number of amides is 1. The van der Waals surface area contributed by atoms with Crippen molar-refractivity contribution in [1.82, 2.24) is 10.2 Å². The molecule has 0 unspecified atom stereocenters. The van der Waals surface area contributed by atoms with Crippen molar-refractivity contribution in [3.63, 3.8) is 0 Å². The summed E-state index contributed by atoms with van der Waals surface area (Å²) in [4.78, 5) is 15.7. The van der Waals surface area contributed by atoms with Crippen LogP contribution in [-0.2, 0) is 4.79 Å². The zero-order valence-electron chi connectivity index (χ0n) is 17.4. The highest BCUT2D eigenvalue weighted by Crippen LogP contribution is 2.43. The van der Waals surface area contributed by atoms with Crippen LogP contribution >= 0.6 is 11.8 Å². The predicted molar refractivity (Wildman–Crippen MR) is 121 cm³/mol. The van der Waals surface area contributed by atoms with Crippen LogP contribution in [0.15, 0.2) is 52.9 Å². The van der Waals surface area contributed by atoms with Crippen LogP contribution in [-0.4, -0.2) is 44.2 Å². The molecule has 3 nitrogen and oxygen atoms in total. The van der Waals surface area contributed by atoms with Crippen molar-refractivity contribution in [3.8, 4) is 0 Å². The van der Waals surface area contributed by atoms with Gasteiger partial charge in [0.25, 0.3) is 0 Å². The van der Waals surface area contributed by atoms with Crippen LogP contribution in [0.1, 0.15) is 30.0 Å². The molecule has 0 spiro atoms. The average Bonchev–Trinajstić information content (AvgIpc) is 2.93. The SMILES string of the molecule is CSc1ccc(C=C2C(C)=C(CC(=O)NCCN(C)C)c3cc(F)ccc32)cc1. The lowest BCUT2D eigenvalue weighted by molar-refractivity contribution is -0.120. The molecule has 0 saturated heterocycles. The maximum Gasteiger partial charge on any atom is 0.224 e. The maximum absolute atomic E-state index is 14.0. The highest BCUT2D eigenvalue weighted by atomic mass is 32.2. The van der Waals surface area contributed by atoms with Gasteiger partial charge in [0.05, 0.1) is 6.42 Å². The molecule has 1 aliphatic carbocycles. The van der Waals surface area contributed by atoms with Gasteiger partial charge in [-0.1, -0.05) is 18.2 Å². The van der Waals surface area contributed by atoms with Crippen LogP contribution < -0.4 is 5.32 Å². The minimum atomic E-state index is -0.285. The van der Waals surface area contributed by atoms with Crippen LogP contribution in [0.2, 0.25) is 0 Å². The average molecular weight is 411 g/mol. The number of carbonyl (C=O) groups excluding carboxylic acids is 1. The van der Waals surface area contributed by atoms with E-state index < -0.39 is 0 Å². The van der Waals surface area contributed by atoms with Crippen LogP contribution in [0.5, 0.6) is 0 Å². The highest BCUT2D eigenvalue weighted by molar-refractivity contribution is 7.98. The third-order valence-corrected chi connectivity index (χ3v) is 5.84. The second-order valence-electron chi connectivity index (χ2n) is 7.45. The van der Waals surface area contributed by atoms with Crippen LogP contribution in [0.4, 0.5) is 4.39 Å². The molecular formula is C24H27FN2OS. The molecule has 0 fully saturated rings. The van der Waals surface area contributed by atoms with Crippen LogP contribution in [0.25, 0.3) is 17.2 Å². The molecule has 2 aromatic rings. The number of rotatable bonds is 7. The van der Waals surface area contributed by atoms with E-state index in [1.807, 2.05) is 32.0 Å². The van der Waals surface area contributed by atoms with Gasteiger partial charge in [0.2, 0.25) is 5.91 Å². The van der Waals surface area contributed by atoms with Gasteiger partial charge in [-0.3, -0.25) is 4.79 Å². The third kappa shape index (κ3) is 5.17. The molecule has 3 rings (SSSR count). The first-order chi connectivity index (χ1) is 13.9. The van der Waals surface area contributed by atoms with E-state index >= 15 is 0 Å². The Balaban J connectivity index is 1.91. The molecule has 0 heterocycles. The normalized spacial score (nSPS) is 14.6. The third-order valence-electron chi connectivity index (χ3n) is 5.10. The summed E-state index contributed by atoms with van der Waals surface area (Å²) in [7, 11) is 3.94. The first-order valence-electron chi connectivity index (χ1n) is 9.66. The Morgan fingerprint density at radius 2 is 1.86 bits per heavy atom. The van der Waals surface area contributed by atoms with Gasteiger partial charge in [0.1, 0.15) is 5.82 Å². The van der Waals surface area contributed by atoms with Gasteiger partial charge in [0.15, 0.2) is 0 Å². The predicted octanol–water partition coefficient (Wildman–Crippen LogP) is 4.94. The fraction of sp³-hybridized carbons (Fsp3) is 0.292. The molecule has 29 heavy (non-hydrogen) atoms. The number of hydrogen-bond donors (Lipinski definition) is 1. The molecule has 0 bridgehead atoms. The van der Waals surface area contributed by atoms with Crippen molar-refractivity contribution in [3.05, 3.63) is 70.5 Å².